The van der Waals surface area contributed by atoms with Gasteiger partial charge in [0.1, 0.15) is 0 Å². The van der Waals surface area contributed by atoms with Gasteiger partial charge in [-0.1, -0.05) is 47.6 Å². The molecule has 0 saturated heterocycles. The highest BCUT2D eigenvalue weighted by Crippen LogP contribution is 2.35. The van der Waals surface area contributed by atoms with E-state index in [1.807, 2.05) is 24.3 Å². The van der Waals surface area contributed by atoms with Gasteiger partial charge in [-0.15, -0.1) is 0 Å². The number of halogens is 1. The molecular formula is C18H18ClN3S. The average Bonchev–Trinajstić information content (AvgIpc) is 2.54. The molecule has 3 nitrogen and oxygen atoms in total. The first-order valence-electron chi connectivity index (χ1n) is 7.43. The van der Waals surface area contributed by atoms with Crippen LogP contribution in [-0.2, 0) is 5.54 Å². The number of nitrogens with two attached hydrogens (primary N) is 1. The number of nitrogens with zero attached hydrogens (tertiary/aromatic N) is 2. The lowest BCUT2D eigenvalue weighted by atomic mass is 9.89. The Morgan fingerprint density at radius 2 is 2.13 bits per heavy atom. The summed E-state index contributed by atoms with van der Waals surface area (Å²) < 4.78 is 0. The highest BCUT2D eigenvalue weighted by atomic mass is 35.5. The second-order valence-corrected chi connectivity index (χ2v) is 7.23. The molecule has 0 aliphatic carbocycles. The molecule has 2 aromatic rings. The van der Waals surface area contributed by atoms with Crippen LogP contribution in [0, 0.1) is 0 Å². The van der Waals surface area contributed by atoms with Gasteiger partial charge < -0.3 is 5.73 Å². The van der Waals surface area contributed by atoms with E-state index < -0.39 is 0 Å². The minimum atomic E-state index is -0.238. The Hall–Kier alpha value is -1.78. The Morgan fingerprint density at radius 1 is 1.26 bits per heavy atom. The van der Waals surface area contributed by atoms with E-state index in [-0.39, 0.29) is 5.54 Å². The molecule has 1 atom stereocenters. The highest BCUT2D eigenvalue weighted by Gasteiger charge is 2.29. The number of thioether (sulfide) groups is 1. The molecule has 0 saturated carbocycles. The summed E-state index contributed by atoms with van der Waals surface area (Å²) in [5.74, 6) is 1.00. The van der Waals surface area contributed by atoms with Gasteiger partial charge in [-0.05, 0) is 48.7 Å². The Kier molecular flexibility index (Phi) is 4.74. The van der Waals surface area contributed by atoms with Gasteiger partial charge in [0.2, 0.25) is 0 Å². The van der Waals surface area contributed by atoms with Gasteiger partial charge in [0.15, 0.2) is 5.17 Å². The summed E-state index contributed by atoms with van der Waals surface area (Å²) in [6.07, 6.45) is 6.67. The zero-order valence-electron chi connectivity index (χ0n) is 12.9. The van der Waals surface area contributed by atoms with Crippen molar-refractivity contribution in [2.45, 2.75) is 18.9 Å². The third-order valence-corrected chi connectivity index (χ3v) is 4.92. The summed E-state index contributed by atoms with van der Waals surface area (Å²) in [6.45, 7) is 2.14. The van der Waals surface area contributed by atoms with Crippen molar-refractivity contribution in [3.63, 3.8) is 0 Å². The fraction of sp³-hybridized carbons (Fsp3) is 0.222. The van der Waals surface area contributed by atoms with Crippen LogP contribution in [0.1, 0.15) is 30.2 Å². The van der Waals surface area contributed by atoms with E-state index in [0.29, 0.717) is 10.2 Å². The number of hydrogen-bond acceptors (Lipinski definition) is 4. The van der Waals surface area contributed by atoms with E-state index in [2.05, 4.69) is 41.2 Å². The van der Waals surface area contributed by atoms with Crippen LogP contribution in [0.2, 0.25) is 5.02 Å². The lowest BCUT2D eigenvalue weighted by molar-refractivity contribution is 0.482. The summed E-state index contributed by atoms with van der Waals surface area (Å²) in [5, 5.41) is 1.31. The van der Waals surface area contributed by atoms with Gasteiger partial charge in [0.05, 0.1) is 16.3 Å². The van der Waals surface area contributed by atoms with Crippen LogP contribution in [0.4, 0.5) is 0 Å². The standard InChI is InChI=1S/C18H18ClN3S/c1-18(9-10-23-17(20)22-18)14-4-2-3-13(11-14)5-7-16-8-6-15(19)12-21-16/h2-8,11-12H,9-10H2,1H3,(H2,20,22). The zero-order chi connectivity index (χ0) is 16.3. The fourth-order valence-corrected chi connectivity index (χ4v) is 3.63. The molecule has 23 heavy (non-hydrogen) atoms. The smallest absolute Gasteiger partial charge is 0.154 e. The molecule has 1 aliphatic rings. The van der Waals surface area contributed by atoms with Crippen molar-refractivity contribution in [1.29, 1.82) is 0 Å². The summed E-state index contributed by atoms with van der Waals surface area (Å²) in [5.41, 5.74) is 8.86. The van der Waals surface area contributed by atoms with E-state index in [1.54, 1.807) is 18.0 Å². The molecule has 1 aromatic heterocycles. The van der Waals surface area contributed by atoms with E-state index in [9.17, 15) is 0 Å². The molecule has 1 unspecified atom stereocenters. The lowest BCUT2D eigenvalue weighted by Gasteiger charge is -2.29. The number of aromatic nitrogens is 1. The van der Waals surface area contributed by atoms with Crippen LogP contribution in [0.5, 0.6) is 0 Å². The largest absolute Gasteiger partial charge is 0.379 e. The molecule has 0 radical (unpaired) electrons. The summed E-state index contributed by atoms with van der Waals surface area (Å²) in [6, 6.07) is 12.1. The van der Waals surface area contributed by atoms with Crippen LogP contribution in [0.3, 0.4) is 0 Å². The van der Waals surface area contributed by atoms with Crippen molar-refractivity contribution in [2.75, 3.05) is 5.75 Å². The minimum Gasteiger partial charge on any atom is -0.379 e. The van der Waals surface area contributed by atoms with Gasteiger partial charge in [0.25, 0.3) is 0 Å². The summed E-state index contributed by atoms with van der Waals surface area (Å²) in [4.78, 5) is 8.93. The molecule has 118 valence electrons. The van der Waals surface area contributed by atoms with Gasteiger partial charge >= 0.3 is 0 Å². The van der Waals surface area contributed by atoms with Gasteiger partial charge in [0, 0.05) is 11.9 Å². The molecule has 0 fully saturated rings. The Bertz CT molecular complexity index is 755. The quantitative estimate of drug-likeness (QED) is 0.887. The predicted molar refractivity (Wildman–Crippen MR) is 101 cm³/mol. The molecule has 1 aromatic carbocycles. The van der Waals surface area contributed by atoms with Crippen LogP contribution in [0.15, 0.2) is 47.6 Å². The number of benzene rings is 1. The first-order chi connectivity index (χ1) is 11.0. The molecule has 3 rings (SSSR count). The molecule has 2 N–H and O–H groups in total. The fourth-order valence-electron chi connectivity index (χ4n) is 2.54. The number of pyridine rings is 1. The van der Waals surface area contributed by atoms with Crippen molar-refractivity contribution in [1.82, 2.24) is 4.98 Å². The monoisotopic (exact) mass is 343 g/mol. The number of amidine groups is 1. The van der Waals surface area contributed by atoms with Crippen molar-refractivity contribution >= 4 is 40.7 Å². The third-order valence-electron chi connectivity index (χ3n) is 3.90. The molecular weight excluding hydrogens is 326 g/mol. The van der Waals surface area contributed by atoms with Crippen LogP contribution in [0.25, 0.3) is 12.2 Å². The molecule has 0 bridgehead atoms. The van der Waals surface area contributed by atoms with E-state index in [0.717, 1.165) is 23.4 Å². The van der Waals surface area contributed by atoms with Gasteiger partial charge in [-0.3, -0.25) is 9.98 Å². The maximum absolute atomic E-state index is 5.91. The molecule has 0 amide bonds. The number of hydrogen-bond donors (Lipinski definition) is 1. The van der Waals surface area contributed by atoms with Crippen molar-refractivity contribution in [2.24, 2.45) is 10.7 Å². The van der Waals surface area contributed by atoms with Crippen molar-refractivity contribution < 1.29 is 0 Å². The maximum atomic E-state index is 5.91. The van der Waals surface area contributed by atoms with E-state index in [1.165, 1.54) is 5.56 Å². The van der Waals surface area contributed by atoms with Gasteiger partial charge in [-0.25, -0.2) is 0 Å². The number of rotatable bonds is 3. The van der Waals surface area contributed by atoms with Crippen LogP contribution in [-0.4, -0.2) is 15.9 Å². The maximum Gasteiger partial charge on any atom is 0.154 e. The summed E-state index contributed by atoms with van der Waals surface area (Å²) >= 11 is 7.47. The second kappa shape index (κ2) is 6.77. The predicted octanol–water partition coefficient (Wildman–Crippen LogP) is 4.57. The first-order valence-corrected chi connectivity index (χ1v) is 8.80. The van der Waals surface area contributed by atoms with E-state index >= 15 is 0 Å². The Balaban J connectivity index is 1.85. The SMILES string of the molecule is CC1(c2cccc(C=Cc3ccc(Cl)cn3)c2)CCSC(N)=N1. The Morgan fingerprint density at radius 3 is 2.87 bits per heavy atom. The van der Waals surface area contributed by atoms with Gasteiger partial charge in [-0.2, -0.15) is 0 Å². The molecule has 1 aliphatic heterocycles. The highest BCUT2D eigenvalue weighted by molar-refractivity contribution is 8.13. The third kappa shape index (κ3) is 3.95. The van der Waals surface area contributed by atoms with Crippen LogP contribution >= 0.6 is 23.4 Å². The normalized spacial score (nSPS) is 21.4. The zero-order valence-corrected chi connectivity index (χ0v) is 14.4. The first kappa shape index (κ1) is 16.1. The van der Waals surface area contributed by atoms with Crippen molar-refractivity contribution in [3.05, 3.63) is 64.4 Å². The second-order valence-electron chi connectivity index (χ2n) is 5.68. The topological polar surface area (TPSA) is 51.3 Å². The summed E-state index contributed by atoms with van der Waals surface area (Å²) in [7, 11) is 0. The van der Waals surface area contributed by atoms with Crippen molar-refractivity contribution in [3.8, 4) is 0 Å². The lowest BCUT2D eigenvalue weighted by Crippen LogP contribution is -2.28. The van der Waals surface area contributed by atoms with E-state index in [4.69, 9.17) is 17.3 Å². The molecule has 2 heterocycles. The minimum absolute atomic E-state index is 0.238. The van der Waals surface area contributed by atoms with Crippen LogP contribution < -0.4 is 5.73 Å². The molecule has 0 spiro atoms. The average molecular weight is 344 g/mol. The molecule has 5 heteroatoms. The number of aliphatic imine (C=N–C) groups is 1. The Labute approximate surface area is 145 Å².